The molecular weight excluding hydrogens is 316 g/mol. The van der Waals surface area contributed by atoms with Crippen LogP contribution in [0, 0.1) is 12.8 Å². The fourth-order valence-electron chi connectivity index (χ4n) is 2.71. The first-order valence-corrected chi connectivity index (χ1v) is 8.30. The van der Waals surface area contributed by atoms with Crippen LogP contribution in [0.5, 0.6) is 0 Å². The van der Waals surface area contributed by atoms with E-state index in [1.165, 1.54) is 0 Å². The summed E-state index contributed by atoms with van der Waals surface area (Å²) >= 11 is 0. The van der Waals surface area contributed by atoms with E-state index in [1.54, 1.807) is 19.2 Å². The maximum atomic E-state index is 12.8. The molecule has 5 heteroatoms. The standard InChI is InChI=1S/C20H24N2O3/c1-13(2)20(4,12-18(23)24)22-19(25)16-9-7-8-15(14(16)3)17-10-5-6-11-21-17/h5-11,13H,12H2,1-4H3,(H,22,25)(H,23,24). The molecule has 0 bridgehead atoms. The van der Waals surface area contributed by atoms with Crippen molar-refractivity contribution in [1.29, 1.82) is 0 Å². The third-order valence-electron chi connectivity index (χ3n) is 4.71. The van der Waals surface area contributed by atoms with Crippen LogP contribution in [0.2, 0.25) is 0 Å². The SMILES string of the molecule is Cc1c(C(=O)NC(C)(CC(=O)O)C(C)C)cccc1-c1ccccn1. The van der Waals surface area contributed by atoms with Crippen molar-refractivity contribution in [2.75, 3.05) is 0 Å². The number of hydrogen-bond acceptors (Lipinski definition) is 3. The van der Waals surface area contributed by atoms with Crippen LogP contribution in [0.25, 0.3) is 11.3 Å². The smallest absolute Gasteiger partial charge is 0.305 e. The third-order valence-corrected chi connectivity index (χ3v) is 4.71. The van der Waals surface area contributed by atoms with Crippen molar-refractivity contribution in [2.24, 2.45) is 5.92 Å². The minimum atomic E-state index is -0.935. The first kappa shape index (κ1) is 18.6. The van der Waals surface area contributed by atoms with Gasteiger partial charge in [-0.1, -0.05) is 32.0 Å². The van der Waals surface area contributed by atoms with Gasteiger partial charge in [0.2, 0.25) is 0 Å². The van der Waals surface area contributed by atoms with Crippen molar-refractivity contribution in [3.05, 3.63) is 53.7 Å². The Balaban J connectivity index is 2.35. The summed E-state index contributed by atoms with van der Waals surface area (Å²) < 4.78 is 0. The summed E-state index contributed by atoms with van der Waals surface area (Å²) in [6.07, 6.45) is 1.58. The quantitative estimate of drug-likeness (QED) is 0.841. The summed E-state index contributed by atoms with van der Waals surface area (Å²) in [5.74, 6) is -1.23. The van der Waals surface area contributed by atoms with Crippen molar-refractivity contribution in [2.45, 2.75) is 39.7 Å². The topological polar surface area (TPSA) is 79.3 Å². The van der Waals surface area contributed by atoms with Crippen molar-refractivity contribution >= 4 is 11.9 Å². The number of carboxylic acid groups (broad SMARTS) is 1. The molecule has 2 aromatic rings. The zero-order valence-electron chi connectivity index (χ0n) is 15.0. The van der Waals surface area contributed by atoms with Crippen molar-refractivity contribution < 1.29 is 14.7 Å². The number of aromatic nitrogens is 1. The van der Waals surface area contributed by atoms with E-state index in [0.717, 1.165) is 16.8 Å². The molecule has 0 saturated heterocycles. The van der Waals surface area contributed by atoms with Crippen LogP contribution in [-0.2, 0) is 4.79 Å². The van der Waals surface area contributed by atoms with E-state index in [4.69, 9.17) is 5.11 Å². The number of carbonyl (C=O) groups excluding carboxylic acids is 1. The number of aliphatic carboxylic acids is 1. The normalized spacial score (nSPS) is 13.3. The van der Waals surface area contributed by atoms with E-state index in [9.17, 15) is 9.59 Å². The molecule has 0 aliphatic rings. The molecule has 0 fully saturated rings. The predicted molar refractivity (Wildman–Crippen MR) is 97.4 cm³/mol. The van der Waals surface area contributed by atoms with Gasteiger partial charge in [-0.3, -0.25) is 14.6 Å². The molecule has 2 N–H and O–H groups in total. The lowest BCUT2D eigenvalue weighted by molar-refractivity contribution is -0.138. The maximum absolute atomic E-state index is 12.8. The molecule has 0 spiro atoms. The Morgan fingerprint density at radius 3 is 2.48 bits per heavy atom. The number of rotatable bonds is 6. The molecule has 1 amide bonds. The van der Waals surface area contributed by atoms with E-state index in [0.29, 0.717) is 5.56 Å². The summed E-state index contributed by atoms with van der Waals surface area (Å²) in [6.45, 7) is 7.45. The van der Waals surface area contributed by atoms with Gasteiger partial charge >= 0.3 is 5.97 Å². The number of benzene rings is 1. The molecule has 0 saturated carbocycles. The summed E-state index contributed by atoms with van der Waals surface area (Å²) in [7, 11) is 0. The Morgan fingerprint density at radius 1 is 1.20 bits per heavy atom. The highest BCUT2D eigenvalue weighted by atomic mass is 16.4. The molecule has 0 aliphatic carbocycles. The van der Waals surface area contributed by atoms with E-state index in [-0.39, 0.29) is 18.2 Å². The largest absolute Gasteiger partial charge is 0.481 e. The maximum Gasteiger partial charge on any atom is 0.305 e. The summed E-state index contributed by atoms with van der Waals surface area (Å²) in [5.41, 5.74) is 2.21. The van der Waals surface area contributed by atoms with Gasteiger partial charge in [-0.2, -0.15) is 0 Å². The summed E-state index contributed by atoms with van der Waals surface area (Å²) in [6, 6.07) is 11.1. The lowest BCUT2D eigenvalue weighted by Crippen LogP contribution is -2.51. The number of carbonyl (C=O) groups is 2. The van der Waals surface area contributed by atoms with Crippen LogP contribution >= 0.6 is 0 Å². The molecule has 1 heterocycles. The van der Waals surface area contributed by atoms with Crippen LogP contribution in [0.3, 0.4) is 0 Å². The van der Waals surface area contributed by atoms with E-state index in [1.807, 2.05) is 51.1 Å². The Kier molecular flexibility index (Phi) is 5.57. The first-order valence-electron chi connectivity index (χ1n) is 8.30. The second kappa shape index (κ2) is 7.47. The Hall–Kier alpha value is -2.69. The molecule has 1 unspecified atom stereocenters. The van der Waals surface area contributed by atoms with Crippen LogP contribution in [0.15, 0.2) is 42.6 Å². The average molecular weight is 340 g/mol. The van der Waals surface area contributed by atoms with Gasteiger partial charge in [0.05, 0.1) is 17.7 Å². The Morgan fingerprint density at radius 2 is 1.92 bits per heavy atom. The van der Waals surface area contributed by atoms with E-state index in [2.05, 4.69) is 10.3 Å². The van der Waals surface area contributed by atoms with Crippen molar-refractivity contribution in [3.63, 3.8) is 0 Å². The fraction of sp³-hybridized carbons (Fsp3) is 0.350. The molecule has 1 aromatic heterocycles. The molecule has 1 atom stereocenters. The number of nitrogens with one attached hydrogen (secondary N) is 1. The van der Waals surface area contributed by atoms with Gasteiger partial charge in [0.1, 0.15) is 0 Å². The average Bonchev–Trinajstić information content (AvgIpc) is 2.54. The van der Waals surface area contributed by atoms with Gasteiger partial charge in [-0.25, -0.2) is 0 Å². The van der Waals surface area contributed by atoms with Gasteiger partial charge in [0.25, 0.3) is 5.91 Å². The molecular formula is C20H24N2O3. The highest BCUT2D eigenvalue weighted by Gasteiger charge is 2.33. The van der Waals surface area contributed by atoms with Gasteiger partial charge in [0.15, 0.2) is 0 Å². The minimum Gasteiger partial charge on any atom is -0.481 e. The highest BCUT2D eigenvalue weighted by molar-refractivity contribution is 5.98. The van der Waals surface area contributed by atoms with Crippen molar-refractivity contribution in [1.82, 2.24) is 10.3 Å². The van der Waals surface area contributed by atoms with Crippen LogP contribution in [0.4, 0.5) is 0 Å². The minimum absolute atomic E-state index is 0.0215. The third kappa shape index (κ3) is 4.24. The molecule has 0 radical (unpaired) electrons. The van der Waals surface area contributed by atoms with Gasteiger partial charge in [-0.15, -0.1) is 0 Å². The number of hydrogen-bond donors (Lipinski definition) is 2. The van der Waals surface area contributed by atoms with Crippen LogP contribution < -0.4 is 5.32 Å². The molecule has 132 valence electrons. The lowest BCUT2D eigenvalue weighted by Gasteiger charge is -2.33. The van der Waals surface area contributed by atoms with Crippen molar-refractivity contribution in [3.8, 4) is 11.3 Å². The Bertz CT molecular complexity index is 772. The molecule has 5 nitrogen and oxygen atoms in total. The Labute approximate surface area is 148 Å². The molecule has 2 rings (SSSR count). The van der Waals surface area contributed by atoms with E-state index < -0.39 is 11.5 Å². The molecule has 1 aromatic carbocycles. The molecule has 0 aliphatic heterocycles. The fourth-order valence-corrected chi connectivity index (χ4v) is 2.71. The second-order valence-corrected chi connectivity index (χ2v) is 6.79. The number of carboxylic acids is 1. The second-order valence-electron chi connectivity index (χ2n) is 6.79. The van der Waals surface area contributed by atoms with Gasteiger partial charge < -0.3 is 10.4 Å². The summed E-state index contributed by atoms with van der Waals surface area (Å²) in [4.78, 5) is 28.4. The van der Waals surface area contributed by atoms with Gasteiger partial charge in [-0.05, 0) is 43.5 Å². The lowest BCUT2D eigenvalue weighted by atomic mass is 9.84. The zero-order chi connectivity index (χ0) is 18.6. The number of pyridine rings is 1. The zero-order valence-corrected chi connectivity index (χ0v) is 15.0. The number of nitrogens with zero attached hydrogens (tertiary/aromatic N) is 1. The monoisotopic (exact) mass is 340 g/mol. The van der Waals surface area contributed by atoms with E-state index >= 15 is 0 Å². The summed E-state index contributed by atoms with van der Waals surface area (Å²) in [5, 5.41) is 12.1. The van der Waals surface area contributed by atoms with Crippen LogP contribution in [-0.4, -0.2) is 27.5 Å². The van der Waals surface area contributed by atoms with Gasteiger partial charge in [0, 0.05) is 17.3 Å². The number of amides is 1. The highest BCUT2D eigenvalue weighted by Crippen LogP contribution is 2.26. The predicted octanol–water partition coefficient (Wildman–Crippen LogP) is 3.68. The van der Waals surface area contributed by atoms with Crippen LogP contribution in [0.1, 0.15) is 43.1 Å². The first-order chi connectivity index (χ1) is 11.7. The molecule has 25 heavy (non-hydrogen) atoms.